The van der Waals surface area contributed by atoms with Gasteiger partial charge in [0.05, 0.1) is 25.7 Å². The van der Waals surface area contributed by atoms with Crippen LogP contribution in [-0.2, 0) is 20.9 Å². The summed E-state index contributed by atoms with van der Waals surface area (Å²) < 4.78 is 25.9. The molecule has 0 saturated carbocycles. The number of likely N-dealkylation sites (N-methyl/N-ethyl adjacent to an activating group) is 1. The number of ether oxygens (including phenoxy) is 2. The van der Waals surface area contributed by atoms with Crippen LogP contribution in [0, 0.1) is 5.82 Å². The van der Waals surface area contributed by atoms with Crippen molar-refractivity contribution >= 4 is 17.5 Å². The minimum Gasteiger partial charge on any atom is -0.487 e. The van der Waals surface area contributed by atoms with Crippen molar-refractivity contribution in [3.63, 3.8) is 0 Å². The second kappa shape index (κ2) is 10.5. The van der Waals surface area contributed by atoms with Gasteiger partial charge in [-0.1, -0.05) is 18.2 Å². The molecular formula is C25H30FN3O5. The van der Waals surface area contributed by atoms with Crippen LogP contribution in [0.15, 0.2) is 42.5 Å². The monoisotopic (exact) mass is 471 g/mol. The van der Waals surface area contributed by atoms with Crippen molar-refractivity contribution in [2.24, 2.45) is 0 Å². The van der Waals surface area contributed by atoms with Crippen LogP contribution >= 0.6 is 0 Å². The predicted octanol–water partition coefficient (Wildman–Crippen LogP) is 2.03. The molecule has 1 saturated heterocycles. The number of hydrogen-bond acceptors (Lipinski definition) is 6. The second-order valence-electron chi connectivity index (χ2n) is 9.01. The van der Waals surface area contributed by atoms with E-state index in [4.69, 9.17) is 9.47 Å². The summed E-state index contributed by atoms with van der Waals surface area (Å²) in [7, 11) is 3.65. The summed E-state index contributed by atoms with van der Waals surface area (Å²) >= 11 is 0. The van der Waals surface area contributed by atoms with E-state index in [-0.39, 0.29) is 55.8 Å². The SMILES string of the molecule is CN(C)CC(=O)Nc1ccc2c(c1)[C@H]1C[C@H](CC(=O)NCc3ccccc3F)O[C@@H](CO)[C@H]1O2. The van der Waals surface area contributed by atoms with Crippen LogP contribution < -0.4 is 15.4 Å². The Morgan fingerprint density at radius 2 is 1.97 bits per heavy atom. The first kappa shape index (κ1) is 24.1. The summed E-state index contributed by atoms with van der Waals surface area (Å²) in [6.45, 7) is 0.120. The minimum absolute atomic E-state index is 0.0861. The maximum atomic E-state index is 13.8. The molecule has 0 bridgehead atoms. The summed E-state index contributed by atoms with van der Waals surface area (Å²) in [6, 6.07) is 11.8. The van der Waals surface area contributed by atoms with Gasteiger partial charge >= 0.3 is 0 Å². The molecule has 9 heteroatoms. The molecule has 0 radical (unpaired) electrons. The van der Waals surface area contributed by atoms with Crippen molar-refractivity contribution in [3.05, 3.63) is 59.4 Å². The van der Waals surface area contributed by atoms with Gasteiger partial charge in [0.1, 0.15) is 23.8 Å². The van der Waals surface area contributed by atoms with E-state index in [0.717, 1.165) is 5.56 Å². The lowest BCUT2D eigenvalue weighted by Gasteiger charge is -2.37. The number of halogens is 1. The number of nitrogens with zero attached hydrogens (tertiary/aromatic N) is 1. The van der Waals surface area contributed by atoms with Crippen molar-refractivity contribution in [2.75, 3.05) is 32.6 Å². The van der Waals surface area contributed by atoms with Gasteiger partial charge < -0.3 is 30.1 Å². The minimum atomic E-state index is -0.581. The van der Waals surface area contributed by atoms with Crippen LogP contribution in [0.4, 0.5) is 10.1 Å². The van der Waals surface area contributed by atoms with E-state index in [0.29, 0.717) is 23.4 Å². The Morgan fingerprint density at radius 3 is 2.71 bits per heavy atom. The molecule has 4 rings (SSSR count). The fourth-order valence-corrected chi connectivity index (χ4v) is 4.57. The number of carbonyl (C=O) groups excluding carboxylic acids is 2. The third-order valence-corrected chi connectivity index (χ3v) is 6.09. The van der Waals surface area contributed by atoms with Gasteiger partial charge in [0.25, 0.3) is 0 Å². The largest absolute Gasteiger partial charge is 0.487 e. The molecular weight excluding hydrogens is 441 g/mol. The number of aliphatic hydroxyl groups excluding tert-OH is 1. The number of carbonyl (C=O) groups is 2. The van der Waals surface area contributed by atoms with Gasteiger partial charge in [-0.05, 0) is 44.8 Å². The lowest BCUT2D eigenvalue weighted by atomic mass is 9.84. The smallest absolute Gasteiger partial charge is 0.238 e. The summed E-state index contributed by atoms with van der Waals surface area (Å²) in [4.78, 5) is 26.5. The first-order chi connectivity index (χ1) is 16.3. The topological polar surface area (TPSA) is 100 Å². The zero-order chi connectivity index (χ0) is 24.2. The number of fused-ring (bicyclic) bond motifs is 3. The summed E-state index contributed by atoms with van der Waals surface area (Å²) in [6.07, 6.45) is -0.771. The van der Waals surface area contributed by atoms with Crippen molar-refractivity contribution < 1.29 is 28.6 Å². The normalized spacial score (nSPS) is 23.1. The van der Waals surface area contributed by atoms with Crippen LogP contribution in [0.25, 0.3) is 0 Å². The van der Waals surface area contributed by atoms with Crippen LogP contribution in [0.1, 0.15) is 29.9 Å². The van der Waals surface area contributed by atoms with Gasteiger partial charge in [0.15, 0.2) is 0 Å². The molecule has 0 aromatic heterocycles. The first-order valence-corrected chi connectivity index (χ1v) is 11.4. The van der Waals surface area contributed by atoms with Crippen molar-refractivity contribution in [3.8, 4) is 5.75 Å². The molecule has 2 aliphatic heterocycles. The number of anilines is 1. The number of aliphatic hydroxyl groups is 1. The zero-order valence-electron chi connectivity index (χ0n) is 19.3. The first-order valence-electron chi connectivity index (χ1n) is 11.4. The van der Waals surface area contributed by atoms with Gasteiger partial charge in [-0.15, -0.1) is 0 Å². The molecule has 2 aromatic rings. The maximum absolute atomic E-state index is 13.8. The lowest BCUT2D eigenvalue weighted by molar-refractivity contribution is -0.142. The highest BCUT2D eigenvalue weighted by molar-refractivity contribution is 5.92. The van der Waals surface area contributed by atoms with Crippen molar-refractivity contribution in [2.45, 2.75) is 43.6 Å². The number of amides is 2. The molecule has 34 heavy (non-hydrogen) atoms. The van der Waals surface area contributed by atoms with Gasteiger partial charge in [-0.25, -0.2) is 4.39 Å². The lowest BCUT2D eigenvalue weighted by Crippen LogP contribution is -2.47. The van der Waals surface area contributed by atoms with Crippen LogP contribution in [-0.4, -0.2) is 67.4 Å². The molecule has 2 amide bonds. The molecule has 8 nitrogen and oxygen atoms in total. The van der Waals surface area contributed by atoms with E-state index in [1.54, 1.807) is 29.2 Å². The fraction of sp³-hybridized carbons (Fsp3) is 0.440. The standard InChI is InChI=1S/C25H30FN3O5/c1-29(2)13-24(32)28-16-7-8-21-18(9-16)19-10-17(33-22(14-30)25(19)34-21)11-23(31)27-12-15-5-3-4-6-20(15)26/h3-9,17,19,22,25,30H,10-14H2,1-2H3,(H,27,31)(H,28,32)/t17-,19-,22+,25+/m1/s1. The van der Waals surface area contributed by atoms with Gasteiger partial charge in [0, 0.05) is 29.3 Å². The van der Waals surface area contributed by atoms with Crippen molar-refractivity contribution in [1.29, 1.82) is 0 Å². The van der Waals surface area contributed by atoms with E-state index in [1.165, 1.54) is 6.07 Å². The average Bonchev–Trinajstić information content (AvgIpc) is 3.15. The number of hydrogen-bond donors (Lipinski definition) is 3. The third-order valence-electron chi connectivity index (χ3n) is 6.09. The van der Waals surface area contributed by atoms with Gasteiger partial charge in [0.2, 0.25) is 11.8 Å². The highest BCUT2D eigenvalue weighted by atomic mass is 19.1. The highest BCUT2D eigenvalue weighted by Crippen LogP contribution is 2.47. The summed E-state index contributed by atoms with van der Waals surface area (Å²) in [5.41, 5.74) is 2.00. The molecule has 2 aliphatic rings. The Hall–Kier alpha value is -3.01. The number of benzene rings is 2. The molecule has 4 atom stereocenters. The van der Waals surface area contributed by atoms with E-state index in [9.17, 15) is 19.1 Å². The van der Waals surface area contributed by atoms with Gasteiger partial charge in [-0.3, -0.25) is 9.59 Å². The molecule has 3 N–H and O–H groups in total. The van der Waals surface area contributed by atoms with Gasteiger partial charge in [-0.2, -0.15) is 0 Å². The Kier molecular flexibility index (Phi) is 7.45. The van der Waals surface area contributed by atoms with E-state index in [2.05, 4.69) is 10.6 Å². The van der Waals surface area contributed by atoms with E-state index >= 15 is 0 Å². The summed E-state index contributed by atoms with van der Waals surface area (Å²) in [5.74, 6) is -0.145. The molecule has 1 fully saturated rings. The molecule has 182 valence electrons. The van der Waals surface area contributed by atoms with Crippen LogP contribution in [0.2, 0.25) is 0 Å². The molecule has 2 heterocycles. The third kappa shape index (κ3) is 5.55. The predicted molar refractivity (Wildman–Crippen MR) is 124 cm³/mol. The number of nitrogens with one attached hydrogen (secondary N) is 2. The molecule has 0 aliphatic carbocycles. The van der Waals surface area contributed by atoms with Crippen LogP contribution in [0.3, 0.4) is 0 Å². The quantitative estimate of drug-likeness (QED) is 0.545. The Balaban J connectivity index is 1.42. The van der Waals surface area contributed by atoms with Crippen molar-refractivity contribution in [1.82, 2.24) is 10.2 Å². The fourth-order valence-electron chi connectivity index (χ4n) is 4.57. The van der Waals surface area contributed by atoms with E-state index in [1.807, 2.05) is 26.2 Å². The maximum Gasteiger partial charge on any atom is 0.238 e. The van der Waals surface area contributed by atoms with E-state index < -0.39 is 12.2 Å². The highest BCUT2D eigenvalue weighted by Gasteiger charge is 2.46. The molecule has 2 aromatic carbocycles. The second-order valence-corrected chi connectivity index (χ2v) is 9.01. The summed E-state index contributed by atoms with van der Waals surface area (Å²) in [5, 5.41) is 15.5. The Labute approximate surface area is 198 Å². The molecule has 0 unspecified atom stereocenters. The molecule has 0 spiro atoms. The number of rotatable bonds is 8. The Bertz CT molecular complexity index is 1050. The van der Waals surface area contributed by atoms with Crippen LogP contribution in [0.5, 0.6) is 5.75 Å². The zero-order valence-corrected chi connectivity index (χ0v) is 19.3. The average molecular weight is 472 g/mol. The Morgan fingerprint density at radius 1 is 1.18 bits per heavy atom.